The maximum absolute atomic E-state index is 13.9. The summed E-state index contributed by atoms with van der Waals surface area (Å²) in [5.41, 5.74) is 0.336. The zero-order valence-corrected chi connectivity index (χ0v) is 10.9. The van der Waals surface area contributed by atoms with Crippen LogP contribution in [0, 0.1) is 5.82 Å². The first-order valence-corrected chi connectivity index (χ1v) is 6.83. The van der Waals surface area contributed by atoms with Crippen LogP contribution in [-0.4, -0.2) is 25.3 Å². The first-order chi connectivity index (χ1) is 8.91. The molecule has 1 aromatic heterocycles. The third-order valence-electron chi connectivity index (χ3n) is 2.53. The number of hydrogen-bond acceptors (Lipinski definition) is 4. The van der Waals surface area contributed by atoms with E-state index in [-0.39, 0.29) is 17.2 Å². The van der Waals surface area contributed by atoms with Crippen molar-refractivity contribution in [3.8, 4) is 5.75 Å². The van der Waals surface area contributed by atoms with Crippen molar-refractivity contribution in [1.29, 1.82) is 0 Å². The zero-order chi connectivity index (χ0) is 14.0. The van der Waals surface area contributed by atoms with Gasteiger partial charge in [-0.1, -0.05) is 12.1 Å². The molecule has 0 saturated carbocycles. The van der Waals surface area contributed by atoms with Crippen molar-refractivity contribution >= 4 is 10.0 Å². The number of rotatable bonds is 4. The number of ether oxygens (including phenoxy) is 1. The van der Waals surface area contributed by atoms with Gasteiger partial charge in [0.15, 0.2) is 11.6 Å². The second-order valence-corrected chi connectivity index (χ2v) is 5.41. The van der Waals surface area contributed by atoms with E-state index in [1.54, 1.807) is 12.1 Å². The number of primary sulfonamides is 1. The van der Waals surface area contributed by atoms with Crippen molar-refractivity contribution in [3.05, 3.63) is 42.0 Å². The lowest BCUT2D eigenvalue weighted by molar-refractivity contribution is 0.383. The van der Waals surface area contributed by atoms with Gasteiger partial charge in [0, 0.05) is 11.8 Å². The molecule has 19 heavy (non-hydrogen) atoms. The Morgan fingerprint density at radius 3 is 2.79 bits per heavy atom. The van der Waals surface area contributed by atoms with E-state index in [0.717, 1.165) is 6.20 Å². The first kappa shape index (κ1) is 13.5. The van der Waals surface area contributed by atoms with Crippen molar-refractivity contribution in [2.24, 2.45) is 5.14 Å². The molecule has 6 nitrogen and oxygen atoms in total. The van der Waals surface area contributed by atoms with Crippen LogP contribution in [0.1, 0.15) is 5.56 Å². The Hall–Kier alpha value is -1.93. The molecule has 8 heteroatoms. The molecular formula is C11H12FN3O3S. The Morgan fingerprint density at radius 1 is 1.47 bits per heavy atom. The van der Waals surface area contributed by atoms with E-state index < -0.39 is 15.8 Å². The standard InChI is InChI=1S/C11H12FN3O3S/c1-18-10-4-2-3-8(11(10)12)6-15-7-9(5-14-15)19(13,16)17/h2-5,7H,6H2,1H3,(H2,13,16,17). The van der Waals surface area contributed by atoms with E-state index in [2.05, 4.69) is 5.10 Å². The predicted octanol–water partition coefficient (Wildman–Crippen LogP) is 0.726. The topological polar surface area (TPSA) is 87.2 Å². The lowest BCUT2D eigenvalue weighted by Gasteiger charge is -2.07. The van der Waals surface area contributed by atoms with Crippen LogP contribution in [0.15, 0.2) is 35.5 Å². The van der Waals surface area contributed by atoms with Crippen molar-refractivity contribution in [2.75, 3.05) is 7.11 Å². The molecule has 0 aliphatic rings. The first-order valence-electron chi connectivity index (χ1n) is 5.28. The third kappa shape index (κ3) is 2.91. The predicted molar refractivity (Wildman–Crippen MR) is 65.7 cm³/mol. The van der Waals surface area contributed by atoms with Crippen LogP contribution in [0.25, 0.3) is 0 Å². The number of aromatic nitrogens is 2. The van der Waals surface area contributed by atoms with Crippen LogP contribution in [0.3, 0.4) is 0 Å². The van der Waals surface area contributed by atoms with Gasteiger partial charge >= 0.3 is 0 Å². The van der Waals surface area contributed by atoms with E-state index in [0.29, 0.717) is 5.56 Å². The van der Waals surface area contributed by atoms with Gasteiger partial charge in [-0.05, 0) is 6.07 Å². The maximum atomic E-state index is 13.9. The number of halogens is 1. The normalized spacial score (nSPS) is 11.5. The van der Waals surface area contributed by atoms with Crippen molar-refractivity contribution in [2.45, 2.75) is 11.4 Å². The Morgan fingerprint density at radius 2 is 2.21 bits per heavy atom. The van der Waals surface area contributed by atoms with Gasteiger partial charge in [0.2, 0.25) is 10.0 Å². The van der Waals surface area contributed by atoms with Gasteiger partial charge < -0.3 is 4.74 Å². The van der Waals surface area contributed by atoms with E-state index in [9.17, 15) is 12.8 Å². The number of sulfonamides is 1. The van der Waals surface area contributed by atoms with Crippen molar-refractivity contribution in [3.63, 3.8) is 0 Å². The highest BCUT2D eigenvalue weighted by molar-refractivity contribution is 7.89. The molecule has 1 aromatic carbocycles. The molecule has 0 aliphatic heterocycles. The molecule has 0 fully saturated rings. The molecule has 2 rings (SSSR count). The molecule has 1 heterocycles. The van der Waals surface area contributed by atoms with Crippen LogP contribution in [-0.2, 0) is 16.6 Å². The number of nitrogens with zero attached hydrogens (tertiary/aromatic N) is 2. The molecule has 0 spiro atoms. The van der Waals surface area contributed by atoms with Crippen molar-refractivity contribution in [1.82, 2.24) is 9.78 Å². The molecule has 0 amide bonds. The Balaban J connectivity index is 2.29. The smallest absolute Gasteiger partial charge is 0.241 e. The van der Waals surface area contributed by atoms with Gasteiger partial charge in [-0.3, -0.25) is 4.68 Å². The number of methoxy groups -OCH3 is 1. The van der Waals surface area contributed by atoms with E-state index in [1.165, 1.54) is 24.1 Å². The third-order valence-corrected chi connectivity index (χ3v) is 3.40. The minimum atomic E-state index is -3.80. The molecule has 0 radical (unpaired) electrons. The summed E-state index contributed by atoms with van der Waals surface area (Å²) in [4.78, 5) is -0.115. The lowest BCUT2D eigenvalue weighted by atomic mass is 10.2. The van der Waals surface area contributed by atoms with Gasteiger partial charge in [-0.15, -0.1) is 0 Å². The quantitative estimate of drug-likeness (QED) is 0.897. The summed E-state index contributed by atoms with van der Waals surface area (Å²) in [6.07, 6.45) is 2.36. The summed E-state index contributed by atoms with van der Waals surface area (Å²) in [7, 11) is -2.43. The highest BCUT2D eigenvalue weighted by atomic mass is 32.2. The Bertz CT molecular complexity index is 697. The molecular weight excluding hydrogens is 273 g/mol. The van der Waals surface area contributed by atoms with E-state index in [4.69, 9.17) is 9.88 Å². The van der Waals surface area contributed by atoms with Crippen LogP contribution in [0.4, 0.5) is 4.39 Å². The molecule has 0 bridgehead atoms. The van der Waals surface area contributed by atoms with Crippen LogP contribution < -0.4 is 9.88 Å². The fourth-order valence-corrected chi connectivity index (χ4v) is 2.05. The van der Waals surface area contributed by atoms with Gasteiger partial charge in [0.05, 0.1) is 19.9 Å². The molecule has 2 aromatic rings. The molecule has 0 atom stereocenters. The van der Waals surface area contributed by atoms with Crippen LogP contribution in [0.5, 0.6) is 5.75 Å². The maximum Gasteiger partial charge on any atom is 0.241 e. The summed E-state index contributed by atoms with van der Waals surface area (Å²) in [5, 5.41) is 8.79. The largest absolute Gasteiger partial charge is 0.494 e. The summed E-state index contributed by atoms with van der Waals surface area (Å²) < 4.78 is 42.2. The summed E-state index contributed by atoms with van der Waals surface area (Å²) in [6, 6.07) is 4.70. The van der Waals surface area contributed by atoms with Gasteiger partial charge in [-0.25, -0.2) is 17.9 Å². The molecule has 102 valence electrons. The Kier molecular flexibility index (Phi) is 3.54. The van der Waals surface area contributed by atoms with Crippen molar-refractivity contribution < 1.29 is 17.5 Å². The summed E-state index contributed by atoms with van der Waals surface area (Å²) >= 11 is 0. The molecule has 0 saturated heterocycles. The highest BCUT2D eigenvalue weighted by Gasteiger charge is 2.13. The molecule has 0 unspecified atom stereocenters. The fourth-order valence-electron chi connectivity index (χ4n) is 1.59. The van der Waals surface area contributed by atoms with E-state index >= 15 is 0 Å². The summed E-state index contributed by atoms with van der Waals surface area (Å²) in [6.45, 7) is 0.0819. The average Bonchev–Trinajstić information content (AvgIpc) is 2.80. The average molecular weight is 285 g/mol. The summed E-state index contributed by atoms with van der Waals surface area (Å²) in [5.74, 6) is -0.381. The minimum absolute atomic E-state index is 0.0819. The Labute approximate surface area is 109 Å². The van der Waals surface area contributed by atoms with Crippen LogP contribution in [0.2, 0.25) is 0 Å². The highest BCUT2D eigenvalue weighted by Crippen LogP contribution is 2.20. The van der Waals surface area contributed by atoms with Gasteiger partial charge in [-0.2, -0.15) is 5.10 Å². The fraction of sp³-hybridized carbons (Fsp3) is 0.182. The van der Waals surface area contributed by atoms with E-state index in [1.807, 2.05) is 0 Å². The monoisotopic (exact) mass is 285 g/mol. The second kappa shape index (κ2) is 4.98. The molecule has 2 N–H and O–H groups in total. The van der Waals surface area contributed by atoms with Gasteiger partial charge in [0.25, 0.3) is 0 Å². The molecule has 0 aliphatic carbocycles. The SMILES string of the molecule is COc1cccc(Cn2cc(S(N)(=O)=O)cn2)c1F. The lowest BCUT2D eigenvalue weighted by Crippen LogP contribution is -2.11. The number of hydrogen-bond donors (Lipinski definition) is 1. The number of benzene rings is 1. The second-order valence-electron chi connectivity index (χ2n) is 3.85. The number of nitrogens with two attached hydrogens (primary N) is 1. The minimum Gasteiger partial charge on any atom is -0.494 e. The van der Waals surface area contributed by atoms with Gasteiger partial charge in [0.1, 0.15) is 4.90 Å². The van der Waals surface area contributed by atoms with Crippen LogP contribution >= 0.6 is 0 Å². The zero-order valence-electron chi connectivity index (χ0n) is 10.1.